The van der Waals surface area contributed by atoms with E-state index in [9.17, 15) is 10.2 Å². The van der Waals surface area contributed by atoms with Gasteiger partial charge in [-0.2, -0.15) is 0 Å². The van der Waals surface area contributed by atoms with Crippen molar-refractivity contribution < 1.29 is 19.8 Å². The van der Waals surface area contributed by atoms with E-state index in [1.807, 2.05) is 9.47 Å². The minimum Gasteiger partial charge on any atom is -0.396 e. The van der Waals surface area contributed by atoms with Crippen LogP contribution in [0, 0.1) is 5.92 Å². The second-order valence-electron chi connectivity index (χ2n) is 2.83. The van der Waals surface area contributed by atoms with E-state index in [2.05, 4.69) is 0 Å². The molecule has 1 saturated carbocycles. The zero-order valence-electron chi connectivity index (χ0n) is 6.05. The highest BCUT2D eigenvalue weighted by Crippen LogP contribution is 2.29. The van der Waals surface area contributed by atoms with Gasteiger partial charge in [-0.3, -0.25) is 0 Å². The van der Waals surface area contributed by atoms with Gasteiger partial charge in [0, 0.05) is 22.0 Å². The summed E-state index contributed by atoms with van der Waals surface area (Å²) >= 11 is 0. The molecule has 1 fully saturated rings. The molecule has 11 heavy (non-hydrogen) atoms. The van der Waals surface area contributed by atoms with E-state index < -0.39 is 12.2 Å². The average molecular weight is 180 g/mol. The van der Waals surface area contributed by atoms with Crippen LogP contribution in [-0.4, -0.2) is 40.2 Å². The van der Waals surface area contributed by atoms with Gasteiger partial charge in [0.05, 0.1) is 12.2 Å². The Morgan fingerprint density at radius 2 is 2.00 bits per heavy atom. The summed E-state index contributed by atoms with van der Waals surface area (Å²) in [6, 6.07) is 0. The molecule has 1 aliphatic carbocycles. The Morgan fingerprint density at radius 1 is 1.36 bits per heavy atom. The SMILES string of the molecule is OC[C@H]1C[C@@H](OP)C(O)C1O. The Labute approximate surface area is 67.5 Å². The van der Waals surface area contributed by atoms with Gasteiger partial charge in [-0.1, -0.05) is 0 Å². The van der Waals surface area contributed by atoms with E-state index in [4.69, 9.17) is 9.63 Å². The van der Waals surface area contributed by atoms with Crippen LogP contribution in [0.5, 0.6) is 0 Å². The summed E-state index contributed by atoms with van der Waals surface area (Å²) in [7, 11) is 2.05. The third-order valence-corrected chi connectivity index (χ3v) is 2.51. The molecule has 4 nitrogen and oxygen atoms in total. The lowest BCUT2D eigenvalue weighted by Gasteiger charge is -2.14. The van der Waals surface area contributed by atoms with E-state index >= 15 is 0 Å². The highest BCUT2D eigenvalue weighted by Gasteiger charge is 2.41. The van der Waals surface area contributed by atoms with Crippen LogP contribution >= 0.6 is 9.47 Å². The number of aliphatic hydroxyl groups is 3. The Morgan fingerprint density at radius 3 is 2.27 bits per heavy atom. The number of aliphatic hydroxyl groups excluding tert-OH is 3. The van der Waals surface area contributed by atoms with Crippen LogP contribution in [0.1, 0.15) is 6.42 Å². The highest BCUT2D eigenvalue weighted by molar-refractivity contribution is 7.09. The molecule has 0 aromatic rings. The first kappa shape index (κ1) is 9.36. The van der Waals surface area contributed by atoms with Crippen LogP contribution in [0.15, 0.2) is 0 Å². The quantitative estimate of drug-likeness (QED) is 0.471. The van der Waals surface area contributed by atoms with Crippen LogP contribution in [0.2, 0.25) is 0 Å². The van der Waals surface area contributed by atoms with Gasteiger partial charge in [0.2, 0.25) is 0 Å². The molecule has 3 unspecified atom stereocenters. The van der Waals surface area contributed by atoms with Crippen LogP contribution in [0.25, 0.3) is 0 Å². The third kappa shape index (κ3) is 1.71. The average Bonchev–Trinajstić information content (AvgIpc) is 2.30. The standard InChI is InChI=1S/C6H13O4P/c7-2-3-1-4(10-11)6(9)5(3)8/h3-9H,1-2,11H2/t3-,4-,5?,6?/m1/s1. The van der Waals surface area contributed by atoms with Crippen molar-refractivity contribution in [2.24, 2.45) is 5.92 Å². The topological polar surface area (TPSA) is 69.9 Å². The van der Waals surface area contributed by atoms with Gasteiger partial charge in [-0.25, -0.2) is 0 Å². The van der Waals surface area contributed by atoms with Gasteiger partial charge < -0.3 is 19.8 Å². The fourth-order valence-corrected chi connectivity index (χ4v) is 1.67. The van der Waals surface area contributed by atoms with Crippen LogP contribution in [0.4, 0.5) is 0 Å². The Bertz CT molecular complexity index is 114. The van der Waals surface area contributed by atoms with Gasteiger partial charge in [-0.05, 0) is 6.42 Å². The van der Waals surface area contributed by atoms with Crippen molar-refractivity contribution in [3.05, 3.63) is 0 Å². The molecule has 5 atom stereocenters. The second kappa shape index (κ2) is 3.78. The molecule has 0 aliphatic heterocycles. The molecule has 3 N–H and O–H groups in total. The molecule has 0 spiro atoms. The molecule has 1 aliphatic rings. The normalized spacial score (nSPS) is 44.7. The molecule has 0 heterocycles. The van der Waals surface area contributed by atoms with Crippen molar-refractivity contribution in [2.75, 3.05) is 6.61 Å². The summed E-state index contributed by atoms with van der Waals surface area (Å²) in [4.78, 5) is 0. The molecule has 66 valence electrons. The van der Waals surface area contributed by atoms with Gasteiger partial charge >= 0.3 is 0 Å². The smallest absolute Gasteiger partial charge is 0.107 e. The number of rotatable bonds is 2. The fraction of sp³-hybridized carbons (Fsp3) is 1.00. The molecule has 5 heteroatoms. The second-order valence-corrected chi connectivity index (χ2v) is 3.11. The maximum atomic E-state index is 9.26. The summed E-state index contributed by atoms with van der Waals surface area (Å²) in [5, 5.41) is 27.3. The maximum Gasteiger partial charge on any atom is 0.107 e. The molecule has 0 radical (unpaired) electrons. The Kier molecular flexibility index (Phi) is 3.22. The van der Waals surface area contributed by atoms with Crippen molar-refractivity contribution in [2.45, 2.75) is 24.7 Å². The van der Waals surface area contributed by atoms with Crippen LogP contribution < -0.4 is 0 Å². The van der Waals surface area contributed by atoms with E-state index in [0.29, 0.717) is 6.42 Å². The van der Waals surface area contributed by atoms with Crippen molar-refractivity contribution in [1.29, 1.82) is 0 Å². The summed E-state index contributed by atoms with van der Waals surface area (Å²) in [6.45, 7) is -0.108. The van der Waals surface area contributed by atoms with E-state index in [1.54, 1.807) is 0 Å². The molecule has 0 bridgehead atoms. The number of hydrogen-bond donors (Lipinski definition) is 3. The minimum absolute atomic E-state index is 0.108. The third-order valence-electron chi connectivity index (χ3n) is 2.16. The lowest BCUT2D eigenvalue weighted by molar-refractivity contribution is -0.0198. The predicted octanol–water partition coefficient (Wildman–Crippen LogP) is -1.10. The zero-order valence-corrected chi connectivity index (χ0v) is 7.21. The van der Waals surface area contributed by atoms with Gasteiger partial charge in [0.1, 0.15) is 6.10 Å². The van der Waals surface area contributed by atoms with Gasteiger partial charge in [0.15, 0.2) is 0 Å². The number of hydrogen-bond acceptors (Lipinski definition) is 4. The van der Waals surface area contributed by atoms with Crippen molar-refractivity contribution in [3.8, 4) is 0 Å². The zero-order chi connectivity index (χ0) is 8.43. The first-order valence-corrected chi connectivity index (χ1v) is 4.00. The largest absolute Gasteiger partial charge is 0.396 e. The van der Waals surface area contributed by atoms with Crippen molar-refractivity contribution in [3.63, 3.8) is 0 Å². The van der Waals surface area contributed by atoms with E-state index in [0.717, 1.165) is 0 Å². The molecule has 0 amide bonds. The lowest BCUT2D eigenvalue weighted by atomic mass is 10.1. The summed E-state index contributed by atoms with van der Waals surface area (Å²) in [6.07, 6.45) is -1.59. The van der Waals surface area contributed by atoms with Gasteiger partial charge in [0.25, 0.3) is 0 Å². The predicted molar refractivity (Wildman–Crippen MR) is 41.8 cm³/mol. The highest BCUT2D eigenvalue weighted by atomic mass is 31.0. The molecular weight excluding hydrogens is 167 g/mol. The van der Waals surface area contributed by atoms with Gasteiger partial charge in [-0.15, -0.1) is 0 Å². The summed E-state index contributed by atoms with van der Waals surface area (Å²) < 4.78 is 4.82. The molecule has 0 aromatic carbocycles. The van der Waals surface area contributed by atoms with Crippen LogP contribution in [-0.2, 0) is 4.52 Å². The minimum atomic E-state index is -0.871. The maximum absolute atomic E-state index is 9.26. The molecule has 0 saturated heterocycles. The monoisotopic (exact) mass is 180 g/mol. The summed E-state index contributed by atoms with van der Waals surface area (Å²) in [5.74, 6) is -0.254. The first-order chi connectivity index (χ1) is 5.20. The molecule has 0 aromatic heterocycles. The van der Waals surface area contributed by atoms with Crippen LogP contribution in [0.3, 0.4) is 0 Å². The molecular formula is C6H13O4P. The fourth-order valence-electron chi connectivity index (χ4n) is 1.39. The Hall–Kier alpha value is 0.270. The molecule has 1 rings (SSSR count). The Balaban J connectivity index is 2.53. The van der Waals surface area contributed by atoms with E-state index in [1.165, 1.54) is 0 Å². The van der Waals surface area contributed by atoms with E-state index in [-0.39, 0.29) is 18.6 Å². The van der Waals surface area contributed by atoms with Crippen molar-refractivity contribution in [1.82, 2.24) is 0 Å². The summed E-state index contributed by atoms with van der Waals surface area (Å²) in [5.41, 5.74) is 0. The van der Waals surface area contributed by atoms with Crippen molar-refractivity contribution >= 4 is 9.47 Å². The lowest BCUT2D eigenvalue weighted by Crippen LogP contribution is -2.31. The first-order valence-electron chi connectivity index (χ1n) is 3.53.